The smallest absolute Gasteiger partial charge is 0.255 e. The van der Waals surface area contributed by atoms with E-state index in [9.17, 15) is 17.6 Å². The molecule has 0 atom stereocenters. The number of nitrogens with one attached hydrogen (secondary N) is 2. The van der Waals surface area contributed by atoms with E-state index >= 15 is 0 Å². The summed E-state index contributed by atoms with van der Waals surface area (Å²) < 4.78 is 52.5. The molecule has 1 amide bonds. The van der Waals surface area contributed by atoms with Crippen LogP contribution in [-0.4, -0.2) is 34.2 Å². The Morgan fingerprint density at radius 3 is 2.41 bits per heavy atom. The zero-order chi connectivity index (χ0) is 24.5. The Bertz CT molecular complexity index is 1480. The molecule has 0 fully saturated rings. The van der Waals surface area contributed by atoms with Gasteiger partial charge in [0.15, 0.2) is 0 Å². The lowest BCUT2D eigenvalue weighted by Gasteiger charge is -2.15. The number of hydrogen-bond donors (Lipinski definition) is 2. The highest BCUT2D eigenvalue weighted by atomic mass is 32.2. The van der Waals surface area contributed by atoms with Gasteiger partial charge in [0.2, 0.25) is 10.0 Å². The van der Waals surface area contributed by atoms with E-state index in [-0.39, 0.29) is 22.8 Å². The maximum absolute atomic E-state index is 13.5. The minimum absolute atomic E-state index is 0.126. The number of hydrogen-bond acceptors (Lipinski definition) is 5. The molecule has 176 valence electrons. The number of furan rings is 1. The summed E-state index contributed by atoms with van der Waals surface area (Å²) in [6.45, 7) is 1.53. The third kappa shape index (κ3) is 4.34. The second kappa shape index (κ2) is 9.18. The van der Waals surface area contributed by atoms with Crippen LogP contribution in [0.2, 0.25) is 0 Å². The Kier molecular flexibility index (Phi) is 6.30. The number of carbonyl (C=O) groups is 1. The number of ether oxygens (including phenoxy) is 1. The van der Waals surface area contributed by atoms with Gasteiger partial charge in [-0.1, -0.05) is 18.2 Å². The van der Waals surface area contributed by atoms with Gasteiger partial charge in [0.05, 0.1) is 24.1 Å². The quantitative estimate of drug-likeness (QED) is 0.385. The number of halogens is 1. The van der Waals surface area contributed by atoms with Crippen molar-refractivity contribution in [3.8, 4) is 28.2 Å². The number of fused-ring (bicyclic) bond motifs is 1. The average Bonchev–Trinajstić information content (AvgIpc) is 3.21. The largest absolute Gasteiger partial charge is 0.496 e. The minimum Gasteiger partial charge on any atom is -0.496 e. The number of para-hydroxylation sites is 1. The summed E-state index contributed by atoms with van der Waals surface area (Å²) >= 11 is 0. The molecular weight excluding hydrogens is 459 g/mol. The summed E-state index contributed by atoms with van der Waals surface area (Å²) in [6, 6.07) is 16.0. The number of carbonyl (C=O) groups excluding carboxylic acids is 1. The molecule has 2 N–H and O–H groups in total. The van der Waals surface area contributed by atoms with Crippen LogP contribution >= 0.6 is 0 Å². The van der Waals surface area contributed by atoms with E-state index in [1.54, 1.807) is 36.4 Å². The van der Waals surface area contributed by atoms with Gasteiger partial charge in [-0.15, -0.1) is 0 Å². The van der Waals surface area contributed by atoms with Crippen LogP contribution < -0.4 is 14.8 Å². The van der Waals surface area contributed by atoms with Crippen molar-refractivity contribution in [3.05, 3.63) is 72.0 Å². The highest BCUT2D eigenvalue weighted by molar-refractivity contribution is 7.92. The minimum atomic E-state index is -3.63. The SMILES string of the molecule is CCS(=O)(=O)Nc1cc2oc(-c3ccc(F)cc3)c(C(=O)NC)c2cc1-c1ccccc1OC. The van der Waals surface area contributed by atoms with Gasteiger partial charge in [-0.05, 0) is 43.3 Å². The Morgan fingerprint density at radius 1 is 1.06 bits per heavy atom. The number of amides is 1. The van der Waals surface area contributed by atoms with Crippen molar-refractivity contribution in [1.82, 2.24) is 5.32 Å². The zero-order valence-electron chi connectivity index (χ0n) is 18.8. The Labute approximate surface area is 196 Å². The van der Waals surface area contributed by atoms with Crippen molar-refractivity contribution in [2.75, 3.05) is 24.6 Å². The second-order valence-electron chi connectivity index (χ2n) is 7.49. The molecule has 0 aliphatic heterocycles. The van der Waals surface area contributed by atoms with E-state index in [0.29, 0.717) is 33.4 Å². The summed E-state index contributed by atoms with van der Waals surface area (Å²) in [6.07, 6.45) is 0. The maximum Gasteiger partial charge on any atom is 0.255 e. The van der Waals surface area contributed by atoms with E-state index in [4.69, 9.17) is 9.15 Å². The molecule has 3 aromatic carbocycles. The first kappa shape index (κ1) is 23.3. The van der Waals surface area contributed by atoms with Gasteiger partial charge in [0, 0.05) is 35.2 Å². The van der Waals surface area contributed by atoms with Gasteiger partial charge >= 0.3 is 0 Å². The van der Waals surface area contributed by atoms with Crippen LogP contribution in [0.1, 0.15) is 17.3 Å². The number of rotatable bonds is 7. The first-order valence-electron chi connectivity index (χ1n) is 10.5. The fraction of sp³-hybridized carbons (Fsp3) is 0.160. The molecule has 0 aliphatic rings. The Balaban J connectivity index is 2.06. The van der Waals surface area contributed by atoms with E-state index in [1.807, 2.05) is 0 Å². The van der Waals surface area contributed by atoms with Crippen LogP contribution in [0.15, 0.2) is 65.1 Å². The first-order valence-corrected chi connectivity index (χ1v) is 12.2. The lowest BCUT2D eigenvalue weighted by molar-refractivity contribution is 0.0964. The highest BCUT2D eigenvalue weighted by Crippen LogP contribution is 2.42. The predicted molar refractivity (Wildman–Crippen MR) is 130 cm³/mol. The molecule has 0 saturated heterocycles. The molecule has 1 aromatic heterocycles. The van der Waals surface area contributed by atoms with Crippen molar-refractivity contribution < 1.29 is 26.8 Å². The van der Waals surface area contributed by atoms with Crippen molar-refractivity contribution in [1.29, 1.82) is 0 Å². The monoisotopic (exact) mass is 482 g/mol. The Hall–Kier alpha value is -3.85. The average molecular weight is 483 g/mol. The highest BCUT2D eigenvalue weighted by Gasteiger charge is 2.25. The number of anilines is 1. The molecule has 34 heavy (non-hydrogen) atoms. The van der Waals surface area contributed by atoms with Gasteiger partial charge in [0.25, 0.3) is 5.91 Å². The van der Waals surface area contributed by atoms with E-state index < -0.39 is 21.7 Å². The fourth-order valence-corrected chi connectivity index (χ4v) is 4.36. The standard InChI is InChI=1S/C25H23FN2O5S/c1-4-34(30,31)28-20-14-22-19(13-18(20)17-7-5-6-8-21(17)32-3)23(25(29)27-2)24(33-22)15-9-11-16(26)12-10-15/h5-14,28H,4H2,1-3H3,(H,27,29). The van der Waals surface area contributed by atoms with Gasteiger partial charge in [0.1, 0.15) is 22.9 Å². The second-order valence-corrected chi connectivity index (χ2v) is 9.50. The van der Waals surface area contributed by atoms with Crippen molar-refractivity contribution >= 4 is 32.6 Å². The predicted octanol–water partition coefficient (Wildman–Crippen LogP) is 5.04. The zero-order valence-corrected chi connectivity index (χ0v) is 19.6. The van der Waals surface area contributed by atoms with Crippen LogP contribution in [0.5, 0.6) is 5.75 Å². The summed E-state index contributed by atoms with van der Waals surface area (Å²) in [7, 11) is -0.604. The van der Waals surface area contributed by atoms with E-state index in [0.717, 1.165) is 0 Å². The molecule has 1 heterocycles. The number of methoxy groups -OCH3 is 1. The normalized spacial score (nSPS) is 11.4. The van der Waals surface area contributed by atoms with Crippen molar-refractivity contribution in [2.45, 2.75) is 6.92 Å². The van der Waals surface area contributed by atoms with Crippen molar-refractivity contribution in [3.63, 3.8) is 0 Å². The van der Waals surface area contributed by atoms with Gasteiger partial charge in [-0.3, -0.25) is 9.52 Å². The fourth-order valence-electron chi connectivity index (χ4n) is 3.71. The lowest BCUT2D eigenvalue weighted by Crippen LogP contribution is -2.18. The summed E-state index contributed by atoms with van der Waals surface area (Å²) in [5.41, 5.74) is 2.48. The summed E-state index contributed by atoms with van der Waals surface area (Å²) in [4.78, 5) is 12.9. The Morgan fingerprint density at radius 2 is 1.76 bits per heavy atom. The van der Waals surface area contributed by atoms with Gasteiger partial charge < -0.3 is 14.5 Å². The number of benzene rings is 3. The number of sulfonamides is 1. The topological polar surface area (TPSA) is 97.6 Å². The molecule has 4 rings (SSSR count). The van der Waals surface area contributed by atoms with Gasteiger partial charge in [-0.2, -0.15) is 0 Å². The molecule has 0 bridgehead atoms. The molecule has 0 spiro atoms. The first-order chi connectivity index (χ1) is 16.3. The van der Waals surface area contributed by atoms with Crippen LogP contribution in [0, 0.1) is 5.82 Å². The molecule has 0 unspecified atom stereocenters. The van der Waals surface area contributed by atoms with Crippen LogP contribution in [0.3, 0.4) is 0 Å². The molecule has 9 heteroatoms. The maximum atomic E-state index is 13.5. The molecule has 0 aliphatic carbocycles. The third-order valence-corrected chi connectivity index (χ3v) is 6.72. The summed E-state index contributed by atoms with van der Waals surface area (Å²) in [5.74, 6) is -0.167. The molecule has 0 radical (unpaired) electrons. The summed E-state index contributed by atoms with van der Waals surface area (Å²) in [5, 5.41) is 3.09. The molecule has 4 aromatic rings. The molecule has 0 saturated carbocycles. The molecule has 7 nitrogen and oxygen atoms in total. The lowest BCUT2D eigenvalue weighted by atomic mass is 9.98. The van der Waals surface area contributed by atoms with E-state index in [1.165, 1.54) is 45.3 Å². The van der Waals surface area contributed by atoms with Gasteiger partial charge in [-0.25, -0.2) is 12.8 Å². The van der Waals surface area contributed by atoms with Crippen LogP contribution in [0.4, 0.5) is 10.1 Å². The third-order valence-electron chi connectivity index (χ3n) is 5.43. The van der Waals surface area contributed by atoms with Crippen molar-refractivity contribution in [2.24, 2.45) is 0 Å². The molecular formula is C25H23FN2O5S. The van der Waals surface area contributed by atoms with E-state index in [2.05, 4.69) is 10.0 Å². The van der Waals surface area contributed by atoms with Crippen LogP contribution in [0.25, 0.3) is 33.4 Å². The van der Waals surface area contributed by atoms with Crippen LogP contribution in [-0.2, 0) is 10.0 Å².